The Balaban J connectivity index is 3.30. The molecule has 0 saturated heterocycles. The Morgan fingerprint density at radius 2 is 2.08 bits per heavy atom. The molecule has 0 aliphatic rings. The summed E-state index contributed by atoms with van der Waals surface area (Å²) in [5.74, 6) is -1.26. The summed E-state index contributed by atoms with van der Waals surface area (Å²) in [4.78, 5) is 3.39. The van der Waals surface area contributed by atoms with E-state index in [1.54, 1.807) is 0 Å². The molecule has 1 aromatic rings. The molecule has 0 unspecified atom stereocenters. The van der Waals surface area contributed by atoms with Crippen LogP contribution in [0.15, 0.2) is 6.20 Å². The Kier molecular flexibility index (Phi) is 2.75. The molecule has 1 rings (SSSR count). The van der Waals surface area contributed by atoms with E-state index in [1.807, 2.05) is 0 Å². The summed E-state index contributed by atoms with van der Waals surface area (Å²) in [7, 11) is 1.13. The van der Waals surface area contributed by atoms with Gasteiger partial charge >= 0.3 is 0 Å². The molecular weight excluding hydrogens is 183 g/mol. The molecule has 0 N–H and O–H groups in total. The summed E-state index contributed by atoms with van der Waals surface area (Å²) in [5.41, 5.74) is -0.480. The summed E-state index contributed by atoms with van der Waals surface area (Å²) < 4.78 is 42.1. The number of nitrogens with zero attached hydrogens (tertiary/aromatic N) is 1. The number of hydrogen-bond acceptors (Lipinski definition) is 2. The van der Waals surface area contributed by atoms with Gasteiger partial charge in [-0.3, -0.25) is 4.98 Å². The van der Waals surface area contributed by atoms with Crippen LogP contribution in [0.4, 0.5) is 13.2 Å². The lowest BCUT2D eigenvalue weighted by molar-refractivity contribution is 0.140. The van der Waals surface area contributed by atoms with Crippen LogP contribution in [-0.4, -0.2) is 12.1 Å². The van der Waals surface area contributed by atoms with Gasteiger partial charge in [0.15, 0.2) is 17.3 Å². The number of hydrogen-bond donors (Lipinski definition) is 0. The molecule has 0 saturated carbocycles. The topological polar surface area (TPSA) is 22.1 Å². The van der Waals surface area contributed by atoms with Gasteiger partial charge in [-0.15, -0.1) is 0 Å². The maximum Gasteiger partial charge on any atom is 0.284 e. The van der Waals surface area contributed by atoms with Crippen molar-refractivity contribution < 1.29 is 17.9 Å². The summed E-state index contributed by atoms with van der Waals surface area (Å²) in [5, 5.41) is 0. The van der Waals surface area contributed by atoms with Gasteiger partial charge in [0.25, 0.3) is 6.43 Å². The number of methoxy groups -OCH3 is 1. The number of halogens is 3. The molecule has 2 nitrogen and oxygen atoms in total. The molecule has 0 radical (unpaired) electrons. The third kappa shape index (κ3) is 1.74. The number of pyridine rings is 1. The average Bonchev–Trinajstić information content (AvgIpc) is 2.09. The Bertz CT molecular complexity index is 315. The molecule has 0 fully saturated rings. The second-order valence-electron chi connectivity index (χ2n) is 2.47. The summed E-state index contributed by atoms with van der Waals surface area (Å²) >= 11 is 0. The number of aromatic nitrogens is 1. The lowest BCUT2D eigenvalue weighted by Gasteiger charge is -2.08. The van der Waals surface area contributed by atoms with Crippen molar-refractivity contribution in [3.05, 3.63) is 23.3 Å². The van der Waals surface area contributed by atoms with Crippen LogP contribution >= 0.6 is 0 Å². The van der Waals surface area contributed by atoms with Crippen molar-refractivity contribution in [1.82, 2.24) is 4.98 Å². The van der Waals surface area contributed by atoms with Gasteiger partial charge in [0.1, 0.15) is 0 Å². The van der Waals surface area contributed by atoms with E-state index in [0.29, 0.717) is 0 Å². The first kappa shape index (κ1) is 9.83. The van der Waals surface area contributed by atoms with Crippen LogP contribution in [0.3, 0.4) is 0 Å². The van der Waals surface area contributed by atoms with Crippen molar-refractivity contribution in [1.29, 1.82) is 0 Å². The third-order valence-corrected chi connectivity index (χ3v) is 1.59. The van der Waals surface area contributed by atoms with Crippen LogP contribution in [0.1, 0.15) is 17.7 Å². The van der Waals surface area contributed by atoms with Crippen molar-refractivity contribution in [2.45, 2.75) is 13.3 Å². The lowest BCUT2D eigenvalue weighted by atomic mass is 10.2. The zero-order valence-corrected chi connectivity index (χ0v) is 7.14. The Morgan fingerprint density at radius 1 is 1.46 bits per heavy atom. The van der Waals surface area contributed by atoms with Crippen LogP contribution < -0.4 is 4.74 Å². The lowest BCUT2D eigenvalue weighted by Crippen LogP contribution is -2.01. The molecule has 0 atom stereocenters. The molecule has 5 heteroatoms. The molecule has 0 bridgehead atoms. The maximum atomic E-state index is 13.1. The second kappa shape index (κ2) is 3.64. The number of ether oxygens (including phenoxy) is 1. The van der Waals surface area contributed by atoms with Crippen LogP contribution in [0.5, 0.6) is 5.75 Å². The zero-order valence-electron chi connectivity index (χ0n) is 7.14. The molecule has 0 aliphatic carbocycles. The Hall–Kier alpha value is -1.26. The van der Waals surface area contributed by atoms with Crippen LogP contribution in [0.2, 0.25) is 0 Å². The van der Waals surface area contributed by atoms with Crippen molar-refractivity contribution in [3.8, 4) is 5.75 Å². The highest BCUT2D eigenvalue weighted by atomic mass is 19.3. The molecular formula is C8H8F3NO. The van der Waals surface area contributed by atoms with E-state index < -0.39 is 23.7 Å². The first-order valence-corrected chi connectivity index (χ1v) is 3.55. The maximum absolute atomic E-state index is 13.1. The van der Waals surface area contributed by atoms with Crippen molar-refractivity contribution in [2.24, 2.45) is 0 Å². The van der Waals surface area contributed by atoms with E-state index in [0.717, 1.165) is 13.3 Å². The first-order valence-electron chi connectivity index (χ1n) is 3.55. The quantitative estimate of drug-likeness (QED) is 0.716. The summed E-state index contributed by atoms with van der Waals surface area (Å²) in [6, 6.07) is 0. The summed E-state index contributed by atoms with van der Waals surface area (Å²) in [6.45, 7) is 1.43. The van der Waals surface area contributed by atoms with Gasteiger partial charge in [-0.2, -0.15) is 0 Å². The fourth-order valence-electron chi connectivity index (χ4n) is 0.923. The minimum Gasteiger partial charge on any atom is -0.492 e. The van der Waals surface area contributed by atoms with Gasteiger partial charge < -0.3 is 4.74 Å². The highest BCUT2D eigenvalue weighted by Crippen LogP contribution is 2.30. The summed E-state index contributed by atoms with van der Waals surface area (Å²) in [6.07, 6.45) is -1.77. The van der Waals surface area contributed by atoms with Gasteiger partial charge in [0, 0.05) is 11.8 Å². The molecule has 13 heavy (non-hydrogen) atoms. The highest BCUT2D eigenvalue weighted by molar-refractivity contribution is 5.33. The SMILES string of the molecule is COc1c(C(F)F)ncc(C)c1F. The molecule has 1 aromatic heterocycles. The highest BCUT2D eigenvalue weighted by Gasteiger charge is 2.20. The number of alkyl halides is 2. The molecule has 0 aliphatic heterocycles. The van der Waals surface area contributed by atoms with E-state index in [-0.39, 0.29) is 5.56 Å². The van der Waals surface area contributed by atoms with E-state index in [4.69, 9.17) is 0 Å². The van der Waals surface area contributed by atoms with Crippen molar-refractivity contribution in [2.75, 3.05) is 7.11 Å². The van der Waals surface area contributed by atoms with Crippen molar-refractivity contribution in [3.63, 3.8) is 0 Å². The minimum atomic E-state index is -2.83. The van der Waals surface area contributed by atoms with Gasteiger partial charge in [-0.25, -0.2) is 13.2 Å². The second-order valence-corrected chi connectivity index (χ2v) is 2.47. The van der Waals surface area contributed by atoms with E-state index in [2.05, 4.69) is 9.72 Å². The van der Waals surface area contributed by atoms with Crippen molar-refractivity contribution >= 4 is 0 Å². The van der Waals surface area contributed by atoms with Gasteiger partial charge in [0.2, 0.25) is 0 Å². The number of aryl methyl sites for hydroxylation is 1. The number of rotatable bonds is 2. The van der Waals surface area contributed by atoms with Crippen LogP contribution in [-0.2, 0) is 0 Å². The molecule has 1 heterocycles. The Labute approximate surface area is 73.4 Å². The van der Waals surface area contributed by atoms with Gasteiger partial charge in [0.05, 0.1) is 7.11 Å². The van der Waals surface area contributed by atoms with Crippen LogP contribution in [0, 0.1) is 12.7 Å². The predicted molar refractivity (Wildman–Crippen MR) is 40.4 cm³/mol. The Morgan fingerprint density at radius 3 is 2.54 bits per heavy atom. The third-order valence-electron chi connectivity index (χ3n) is 1.59. The fraction of sp³-hybridized carbons (Fsp3) is 0.375. The normalized spacial score (nSPS) is 10.6. The molecule has 0 aromatic carbocycles. The van der Waals surface area contributed by atoms with E-state index >= 15 is 0 Å². The molecule has 0 amide bonds. The molecule has 0 spiro atoms. The van der Waals surface area contributed by atoms with Gasteiger partial charge in [-0.1, -0.05) is 0 Å². The minimum absolute atomic E-state index is 0.182. The van der Waals surface area contributed by atoms with Gasteiger partial charge in [-0.05, 0) is 6.92 Å². The first-order chi connectivity index (χ1) is 6.07. The van der Waals surface area contributed by atoms with E-state index in [9.17, 15) is 13.2 Å². The zero-order chi connectivity index (χ0) is 10.0. The van der Waals surface area contributed by atoms with Crippen LogP contribution in [0.25, 0.3) is 0 Å². The standard InChI is InChI=1S/C8H8F3NO/c1-4-3-12-6(8(10)11)7(13-2)5(4)9/h3,8H,1-2H3. The molecule has 72 valence electrons. The monoisotopic (exact) mass is 191 g/mol. The average molecular weight is 191 g/mol. The predicted octanol–water partition coefficient (Wildman–Crippen LogP) is 2.48. The smallest absolute Gasteiger partial charge is 0.284 e. The fourth-order valence-corrected chi connectivity index (χ4v) is 0.923. The largest absolute Gasteiger partial charge is 0.492 e. The van der Waals surface area contributed by atoms with E-state index in [1.165, 1.54) is 6.92 Å².